The number of benzene rings is 1. The second-order valence-corrected chi connectivity index (χ2v) is 10.8. The van der Waals surface area contributed by atoms with E-state index in [1.54, 1.807) is 12.1 Å². The van der Waals surface area contributed by atoms with Crippen molar-refractivity contribution in [3.8, 4) is 5.69 Å². The fraction of sp³-hybridized carbons (Fsp3) is 0.545. The van der Waals surface area contributed by atoms with Crippen molar-refractivity contribution in [1.29, 1.82) is 0 Å². The molecule has 1 aromatic heterocycles. The van der Waals surface area contributed by atoms with Gasteiger partial charge in [-0.05, 0) is 50.8 Å². The molecular formula is C22H29ClN4O2S. The molecule has 4 rings (SSSR count). The zero-order chi connectivity index (χ0) is 21.3. The summed E-state index contributed by atoms with van der Waals surface area (Å²) in [6, 6.07) is 7.26. The van der Waals surface area contributed by atoms with Crippen molar-refractivity contribution in [1.82, 2.24) is 14.1 Å². The lowest BCUT2D eigenvalue weighted by Crippen LogP contribution is -2.51. The third-order valence-electron chi connectivity index (χ3n) is 6.05. The van der Waals surface area contributed by atoms with Crippen molar-refractivity contribution in [2.24, 2.45) is 0 Å². The zero-order valence-corrected chi connectivity index (χ0v) is 19.2. The molecular weight excluding hydrogens is 420 g/mol. The number of halogens is 1. The van der Waals surface area contributed by atoms with Gasteiger partial charge < -0.3 is 9.45 Å². The Morgan fingerprint density at radius 1 is 1.17 bits per heavy atom. The molecule has 1 atom stereocenters. The van der Waals surface area contributed by atoms with E-state index in [0.29, 0.717) is 10.7 Å². The van der Waals surface area contributed by atoms with Gasteiger partial charge in [0.05, 0.1) is 30.7 Å². The molecule has 2 heterocycles. The molecule has 0 bridgehead atoms. The van der Waals surface area contributed by atoms with Crippen LogP contribution in [0, 0.1) is 0 Å². The molecule has 0 N–H and O–H groups in total. The van der Waals surface area contributed by atoms with Crippen LogP contribution in [-0.2, 0) is 11.4 Å². The average molecular weight is 449 g/mol. The fourth-order valence-electron chi connectivity index (χ4n) is 4.51. The Morgan fingerprint density at radius 3 is 2.50 bits per heavy atom. The minimum Gasteiger partial charge on any atom is -0.598 e. The number of aromatic nitrogens is 2. The molecule has 1 aromatic carbocycles. The zero-order valence-electron chi connectivity index (χ0n) is 17.6. The second-order valence-electron chi connectivity index (χ2n) is 8.36. The monoisotopic (exact) mass is 448 g/mol. The van der Waals surface area contributed by atoms with E-state index in [1.165, 1.54) is 4.68 Å². The third-order valence-corrected chi connectivity index (χ3v) is 7.96. The van der Waals surface area contributed by atoms with E-state index >= 15 is 0 Å². The number of nitrogens with zero attached hydrogens (tertiary/aromatic N) is 4. The molecule has 2 aromatic rings. The fourth-order valence-corrected chi connectivity index (χ4v) is 5.81. The highest BCUT2D eigenvalue weighted by Crippen LogP contribution is 2.37. The van der Waals surface area contributed by atoms with Gasteiger partial charge >= 0.3 is 0 Å². The van der Waals surface area contributed by atoms with Gasteiger partial charge in [0.1, 0.15) is 5.25 Å². The lowest BCUT2D eigenvalue weighted by atomic mass is 9.97. The van der Waals surface area contributed by atoms with E-state index in [0.717, 1.165) is 63.1 Å². The van der Waals surface area contributed by atoms with Crippen molar-refractivity contribution in [3.05, 3.63) is 51.4 Å². The molecule has 30 heavy (non-hydrogen) atoms. The number of rotatable bonds is 5. The number of hydrogen-bond acceptors (Lipinski definition) is 5. The lowest BCUT2D eigenvalue weighted by Gasteiger charge is -2.37. The molecule has 1 saturated carbocycles. The summed E-state index contributed by atoms with van der Waals surface area (Å²) in [5, 5.41) is 5.21. The van der Waals surface area contributed by atoms with Crippen molar-refractivity contribution in [2.75, 3.05) is 31.1 Å². The van der Waals surface area contributed by atoms with Crippen LogP contribution in [0.4, 0.5) is 5.69 Å². The van der Waals surface area contributed by atoms with Gasteiger partial charge in [-0.3, -0.25) is 4.79 Å². The maximum atomic E-state index is 13.6. The molecule has 8 heteroatoms. The lowest BCUT2D eigenvalue weighted by molar-refractivity contribution is 0.380. The van der Waals surface area contributed by atoms with Crippen LogP contribution in [0.2, 0.25) is 5.02 Å². The summed E-state index contributed by atoms with van der Waals surface area (Å²) in [6.07, 6.45) is 6.23. The van der Waals surface area contributed by atoms with E-state index in [2.05, 4.69) is 10.00 Å². The van der Waals surface area contributed by atoms with Crippen LogP contribution in [-0.4, -0.2) is 50.1 Å². The van der Waals surface area contributed by atoms with E-state index in [-0.39, 0.29) is 16.7 Å². The van der Waals surface area contributed by atoms with Crippen LogP contribution < -0.4 is 10.5 Å². The van der Waals surface area contributed by atoms with E-state index < -0.39 is 11.4 Å². The van der Waals surface area contributed by atoms with Crippen molar-refractivity contribution in [2.45, 2.75) is 50.7 Å². The van der Waals surface area contributed by atoms with Crippen LogP contribution >= 0.6 is 11.6 Å². The maximum Gasteiger partial charge on any atom is 0.277 e. The van der Waals surface area contributed by atoms with Gasteiger partial charge in [0, 0.05) is 35.0 Å². The minimum atomic E-state index is -0.959. The Morgan fingerprint density at radius 2 is 1.87 bits per heavy atom. The molecule has 2 fully saturated rings. The Kier molecular flexibility index (Phi) is 6.72. The largest absolute Gasteiger partial charge is 0.598 e. The smallest absolute Gasteiger partial charge is 0.277 e. The molecule has 1 aliphatic carbocycles. The quantitative estimate of drug-likeness (QED) is 0.652. The summed E-state index contributed by atoms with van der Waals surface area (Å²) in [4.78, 5) is 15.8. The van der Waals surface area contributed by atoms with Crippen molar-refractivity contribution < 1.29 is 4.55 Å². The summed E-state index contributed by atoms with van der Waals surface area (Å²) in [5.41, 5.74) is 2.46. The minimum absolute atomic E-state index is 0.0464. The molecule has 1 unspecified atom stereocenters. The van der Waals surface area contributed by atoms with E-state index in [4.69, 9.17) is 11.6 Å². The highest BCUT2D eigenvalue weighted by Gasteiger charge is 2.32. The Labute approximate surface area is 186 Å². The molecule has 2 aliphatic rings. The molecule has 0 spiro atoms. The van der Waals surface area contributed by atoms with Gasteiger partial charge in [-0.25, -0.2) is 0 Å². The standard InChI is InChI=1S/C22H29ClN4O2S/c1-16(2)30(29)26-12-10-25(11-13-26)20-15-24-27(19-9-5-8-18(23)14-19)22(28)21(20)17-6-3-4-7-17/h5,8-9,14-17H,3-4,6-7,10-13H2,1-2H3. The number of anilines is 1. The van der Waals surface area contributed by atoms with Gasteiger partial charge in [-0.1, -0.05) is 30.5 Å². The first kappa shape index (κ1) is 21.7. The third kappa shape index (κ3) is 4.40. The molecule has 1 aliphatic heterocycles. The molecule has 1 saturated heterocycles. The van der Waals surface area contributed by atoms with Gasteiger partial charge in [0.25, 0.3) is 5.56 Å². The maximum absolute atomic E-state index is 13.6. The SMILES string of the molecule is CC(C)[S+]([O-])N1CCN(c2cnn(-c3cccc(Cl)c3)c(=O)c2C2CCCC2)CC1. The normalized spacial score (nSPS) is 19.6. The van der Waals surface area contributed by atoms with Crippen LogP contribution in [0.25, 0.3) is 5.69 Å². The number of hydrogen-bond donors (Lipinski definition) is 0. The van der Waals surface area contributed by atoms with Gasteiger partial charge in [0.15, 0.2) is 0 Å². The van der Waals surface area contributed by atoms with Crippen LogP contribution in [0.1, 0.15) is 51.0 Å². The van der Waals surface area contributed by atoms with Gasteiger partial charge in [0.2, 0.25) is 0 Å². The van der Waals surface area contributed by atoms with Gasteiger partial charge in [-0.2, -0.15) is 9.78 Å². The van der Waals surface area contributed by atoms with Crippen molar-refractivity contribution in [3.63, 3.8) is 0 Å². The van der Waals surface area contributed by atoms with Crippen LogP contribution in [0.5, 0.6) is 0 Å². The average Bonchev–Trinajstić information content (AvgIpc) is 3.27. The Balaban J connectivity index is 1.67. The first-order valence-corrected chi connectivity index (χ1v) is 12.3. The summed E-state index contributed by atoms with van der Waals surface area (Å²) in [7, 11) is 0. The number of piperazine rings is 1. The molecule has 162 valence electrons. The summed E-state index contributed by atoms with van der Waals surface area (Å²) < 4.78 is 16.0. The van der Waals surface area contributed by atoms with Crippen LogP contribution in [0.3, 0.4) is 0 Å². The Bertz CT molecular complexity index is 937. The predicted octanol–water partition coefficient (Wildman–Crippen LogP) is 3.74. The molecule has 0 amide bonds. The van der Waals surface area contributed by atoms with Crippen LogP contribution in [0.15, 0.2) is 35.3 Å². The highest BCUT2D eigenvalue weighted by atomic mass is 35.5. The first-order valence-electron chi connectivity index (χ1n) is 10.7. The van der Waals surface area contributed by atoms with E-state index in [1.807, 2.05) is 36.5 Å². The topological polar surface area (TPSA) is 64.4 Å². The summed E-state index contributed by atoms with van der Waals surface area (Å²) in [5.74, 6) is 0.267. The highest BCUT2D eigenvalue weighted by molar-refractivity contribution is 7.89. The summed E-state index contributed by atoms with van der Waals surface area (Å²) >= 11 is 5.19. The van der Waals surface area contributed by atoms with Crippen molar-refractivity contribution >= 4 is 28.7 Å². The summed E-state index contributed by atoms with van der Waals surface area (Å²) in [6.45, 7) is 6.93. The first-order chi connectivity index (χ1) is 14.5. The molecule has 0 radical (unpaired) electrons. The molecule has 6 nitrogen and oxygen atoms in total. The second kappa shape index (κ2) is 9.30. The van der Waals surface area contributed by atoms with E-state index in [9.17, 15) is 9.35 Å². The predicted molar refractivity (Wildman–Crippen MR) is 123 cm³/mol. The Hall–Kier alpha value is -1.54. The van der Waals surface area contributed by atoms with Gasteiger partial charge in [-0.15, -0.1) is 4.31 Å².